The van der Waals surface area contributed by atoms with Crippen LogP contribution in [0.25, 0.3) is 0 Å². The molecule has 0 radical (unpaired) electrons. The first-order chi connectivity index (χ1) is 13.6. The van der Waals surface area contributed by atoms with Crippen molar-refractivity contribution in [3.63, 3.8) is 0 Å². The van der Waals surface area contributed by atoms with Crippen LogP contribution in [0.2, 0.25) is 0 Å². The fraction of sp³-hybridized carbons (Fsp3) is 0.105. The molecule has 1 amide bonds. The molecule has 0 saturated carbocycles. The van der Waals surface area contributed by atoms with Gasteiger partial charge in [-0.3, -0.25) is 4.79 Å². The van der Waals surface area contributed by atoms with Gasteiger partial charge in [-0.2, -0.15) is 5.10 Å². The van der Waals surface area contributed by atoms with Gasteiger partial charge in [0, 0.05) is 24.0 Å². The zero-order chi connectivity index (χ0) is 19.9. The molecule has 0 bridgehead atoms. The molecule has 0 unspecified atom stereocenters. The summed E-state index contributed by atoms with van der Waals surface area (Å²) in [6.07, 6.45) is 3.53. The highest BCUT2D eigenvalue weighted by atomic mass is 19.1. The predicted octanol–water partition coefficient (Wildman–Crippen LogP) is 3.60. The lowest BCUT2D eigenvalue weighted by Gasteiger charge is -2.08. The first kappa shape index (κ1) is 19.0. The number of hydrogen-bond donors (Lipinski definition) is 1. The first-order valence-corrected chi connectivity index (χ1v) is 8.32. The van der Waals surface area contributed by atoms with Gasteiger partial charge in [-0.1, -0.05) is 18.1 Å². The number of nitrogens with zero attached hydrogens (tertiary/aromatic N) is 4. The zero-order valence-corrected chi connectivity index (χ0v) is 14.8. The van der Waals surface area contributed by atoms with Gasteiger partial charge < -0.3 is 10.2 Å². The van der Waals surface area contributed by atoms with E-state index in [4.69, 9.17) is 4.84 Å². The van der Waals surface area contributed by atoms with Crippen molar-refractivity contribution in [2.24, 2.45) is 5.16 Å². The standard InChI is InChI=1S/C19H15F2N5O2/c1-2-15(26-28-17-7-4-10-23-25-17)12-8-9-16(22-11-12)24-19(27)18-13(20)5-3-6-14(18)21/h3-11H,2H2,1H3,(H,22,24,27)/b26-15+. The van der Waals surface area contributed by atoms with E-state index in [0.717, 1.165) is 12.1 Å². The van der Waals surface area contributed by atoms with Crippen LogP contribution in [0.1, 0.15) is 29.3 Å². The van der Waals surface area contributed by atoms with Crippen molar-refractivity contribution in [1.29, 1.82) is 0 Å². The van der Waals surface area contributed by atoms with Gasteiger partial charge in [0.15, 0.2) is 0 Å². The van der Waals surface area contributed by atoms with Crippen LogP contribution in [0, 0.1) is 11.6 Å². The maximum absolute atomic E-state index is 13.7. The fourth-order valence-electron chi connectivity index (χ4n) is 2.29. The van der Waals surface area contributed by atoms with Gasteiger partial charge >= 0.3 is 0 Å². The van der Waals surface area contributed by atoms with Gasteiger partial charge in [-0.05, 0) is 36.8 Å². The molecule has 1 N–H and O–H groups in total. The zero-order valence-electron chi connectivity index (χ0n) is 14.8. The van der Waals surface area contributed by atoms with E-state index in [2.05, 4.69) is 25.7 Å². The summed E-state index contributed by atoms with van der Waals surface area (Å²) in [5.74, 6) is -2.43. The van der Waals surface area contributed by atoms with Crippen LogP contribution in [0.3, 0.4) is 0 Å². The van der Waals surface area contributed by atoms with E-state index in [1.54, 1.807) is 18.2 Å². The average Bonchev–Trinajstić information content (AvgIpc) is 2.70. The summed E-state index contributed by atoms with van der Waals surface area (Å²) in [7, 11) is 0. The lowest BCUT2D eigenvalue weighted by Crippen LogP contribution is -2.16. The Morgan fingerprint density at radius 1 is 1.14 bits per heavy atom. The van der Waals surface area contributed by atoms with Crippen LogP contribution in [-0.4, -0.2) is 26.8 Å². The van der Waals surface area contributed by atoms with Crippen LogP contribution in [0.15, 0.2) is 60.0 Å². The van der Waals surface area contributed by atoms with E-state index in [1.807, 2.05) is 6.92 Å². The van der Waals surface area contributed by atoms with Crippen molar-refractivity contribution >= 4 is 17.4 Å². The number of amides is 1. The van der Waals surface area contributed by atoms with Crippen LogP contribution in [-0.2, 0) is 0 Å². The number of oxime groups is 1. The van der Waals surface area contributed by atoms with Crippen LogP contribution >= 0.6 is 0 Å². The Balaban J connectivity index is 1.72. The number of anilines is 1. The van der Waals surface area contributed by atoms with Gasteiger partial charge in [0.2, 0.25) is 0 Å². The Morgan fingerprint density at radius 3 is 2.54 bits per heavy atom. The largest absolute Gasteiger partial charge is 0.335 e. The number of halogens is 2. The Hall–Kier alpha value is -3.75. The molecule has 7 nitrogen and oxygen atoms in total. The second kappa shape index (κ2) is 8.76. The van der Waals surface area contributed by atoms with Gasteiger partial charge in [-0.15, -0.1) is 5.10 Å². The molecule has 0 aliphatic carbocycles. The minimum atomic E-state index is -0.948. The summed E-state index contributed by atoms with van der Waals surface area (Å²) in [6, 6.07) is 9.64. The van der Waals surface area contributed by atoms with Crippen LogP contribution in [0.5, 0.6) is 5.88 Å². The maximum atomic E-state index is 13.7. The smallest absolute Gasteiger partial charge is 0.267 e. The number of carbonyl (C=O) groups is 1. The molecule has 2 heterocycles. The van der Waals surface area contributed by atoms with E-state index in [9.17, 15) is 13.6 Å². The highest BCUT2D eigenvalue weighted by Gasteiger charge is 2.17. The average molecular weight is 383 g/mol. The van der Waals surface area contributed by atoms with Crippen molar-refractivity contribution < 1.29 is 18.4 Å². The fourth-order valence-corrected chi connectivity index (χ4v) is 2.29. The molecule has 3 aromatic rings. The summed E-state index contributed by atoms with van der Waals surface area (Å²) < 4.78 is 27.4. The second-order valence-electron chi connectivity index (χ2n) is 5.53. The SMILES string of the molecule is CC/C(=N\Oc1cccnn1)c1ccc(NC(=O)c2c(F)cccc2F)nc1. The molecular weight excluding hydrogens is 368 g/mol. The lowest BCUT2D eigenvalue weighted by molar-refractivity contribution is 0.101. The summed E-state index contributed by atoms with van der Waals surface area (Å²) in [6.45, 7) is 1.88. The van der Waals surface area contributed by atoms with Crippen LogP contribution < -0.4 is 10.2 Å². The second-order valence-corrected chi connectivity index (χ2v) is 5.53. The highest BCUT2D eigenvalue weighted by Crippen LogP contribution is 2.15. The molecule has 0 aliphatic rings. The molecule has 0 atom stereocenters. The molecule has 0 saturated heterocycles. The third kappa shape index (κ3) is 4.50. The Kier molecular flexibility index (Phi) is 5.95. The normalized spacial score (nSPS) is 11.2. The summed E-state index contributed by atoms with van der Waals surface area (Å²) in [4.78, 5) is 21.4. The molecule has 28 heavy (non-hydrogen) atoms. The van der Waals surface area contributed by atoms with Gasteiger partial charge in [0.05, 0.1) is 5.71 Å². The van der Waals surface area contributed by atoms with E-state index in [1.165, 1.54) is 24.5 Å². The summed E-state index contributed by atoms with van der Waals surface area (Å²) >= 11 is 0. The molecular formula is C19H15F2N5O2. The lowest BCUT2D eigenvalue weighted by atomic mass is 10.1. The highest BCUT2D eigenvalue weighted by molar-refractivity contribution is 6.04. The van der Waals surface area contributed by atoms with Gasteiger partial charge in [-0.25, -0.2) is 13.8 Å². The number of benzene rings is 1. The van der Waals surface area contributed by atoms with Gasteiger partial charge in [0.1, 0.15) is 23.0 Å². The van der Waals surface area contributed by atoms with Crippen molar-refractivity contribution in [3.8, 4) is 5.88 Å². The molecule has 1 aromatic carbocycles. The summed E-state index contributed by atoms with van der Waals surface area (Å²) in [5.41, 5.74) is 0.583. The number of nitrogens with one attached hydrogen (secondary N) is 1. The quantitative estimate of drug-likeness (QED) is 0.519. The molecule has 3 rings (SSSR count). The van der Waals surface area contributed by atoms with Crippen molar-refractivity contribution in [3.05, 3.63) is 77.6 Å². The monoisotopic (exact) mass is 383 g/mol. The van der Waals surface area contributed by atoms with Crippen molar-refractivity contribution in [1.82, 2.24) is 15.2 Å². The minimum absolute atomic E-state index is 0.140. The third-order valence-corrected chi connectivity index (χ3v) is 3.66. The Labute approximate surface area is 159 Å². The third-order valence-electron chi connectivity index (χ3n) is 3.66. The number of aromatic nitrogens is 3. The number of carbonyl (C=O) groups excluding carboxylic acids is 1. The molecule has 9 heteroatoms. The van der Waals surface area contributed by atoms with E-state index in [0.29, 0.717) is 17.7 Å². The molecule has 0 fully saturated rings. The molecule has 0 spiro atoms. The van der Waals surface area contributed by atoms with Crippen molar-refractivity contribution in [2.75, 3.05) is 5.32 Å². The molecule has 2 aromatic heterocycles. The maximum Gasteiger partial charge on any atom is 0.267 e. The van der Waals surface area contributed by atoms with Gasteiger partial charge in [0.25, 0.3) is 11.8 Å². The minimum Gasteiger partial charge on any atom is -0.335 e. The Bertz CT molecular complexity index is 975. The van der Waals surface area contributed by atoms with Crippen LogP contribution in [0.4, 0.5) is 14.6 Å². The predicted molar refractivity (Wildman–Crippen MR) is 98.0 cm³/mol. The van der Waals surface area contributed by atoms with E-state index < -0.39 is 23.1 Å². The molecule has 142 valence electrons. The number of hydrogen-bond acceptors (Lipinski definition) is 6. The number of rotatable bonds is 6. The number of pyridine rings is 1. The summed E-state index contributed by atoms with van der Waals surface area (Å²) in [5, 5.41) is 13.8. The first-order valence-electron chi connectivity index (χ1n) is 8.32. The van der Waals surface area contributed by atoms with Crippen molar-refractivity contribution in [2.45, 2.75) is 13.3 Å². The topological polar surface area (TPSA) is 89.4 Å². The Morgan fingerprint density at radius 2 is 1.93 bits per heavy atom. The molecule has 0 aliphatic heterocycles. The van der Waals surface area contributed by atoms with E-state index >= 15 is 0 Å². The van der Waals surface area contributed by atoms with E-state index in [-0.39, 0.29) is 11.7 Å².